The molecule has 0 unspecified atom stereocenters. The highest BCUT2D eigenvalue weighted by atomic mass is 79.9. The van der Waals surface area contributed by atoms with E-state index in [1.165, 1.54) is 0 Å². The average Bonchev–Trinajstić information content (AvgIpc) is 2.90. The van der Waals surface area contributed by atoms with Crippen LogP contribution in [0.5, 0.6) is 0 Å². The molecule has 5 heteroatoms. The van der Waals surface area contributed by atoms with E-state index in [4.69, 9.17) is 5.73 Å². The zero-order valence-corrected chi connectivity index (χ0v) is 13.7. The van der Waals surface area contributed by atoms with Gasteiger partial charge in [0, 0.05) is 27.0 Å². The van der Waals surface area contributed by atoms with Crippen LogP contribution in [0.3, 0.4) is 0 Å². The highest BCUT2D eigenvalue weighted by molar-refractivity contribution is 9.10. The summed E-state index contributed by atoms with van der Waals surface area (Å²) in [6, 6.07) is 13.4. The second-order valence-corrected chi connectivity index (χ2v) is 6.54. The maximum Gasteiger partial charge on any atom is 0.259 e. The molecule has 3 aromatic rings. The molecule has 21 heavy (non-hydrogen) atoms. The van der Waals surface area contributed by atoms with Crippen molar-refractivity contribution < 1.29 is 4.79 Å². The second kappa shape index (κ2) is 5.50. The van der Waals surface area contributed by atoms with Gasteiger partial charge >= 0.3 is 0 Å². The van der Waals surface area contributed by atoms with E-state index in [2.05, 4.69) is 15.9 Å². The molecule has 0 atom stereocenters. The maximum absolute atomic E-state index is 12.7. The molecule has 2 N–H and O–H groups in total. The van der Waals surface area contributed by atoms with Crippen molar-refractivity contribution in [2.45, 2.75) is 0 Å². The highest BCUT2D eigenvalue weighted by Crippen LogP contribution is 2.30. The Balaban J connectivity index is 2.01. The molecule has 0 bridgehead atoms. The van der Waals surface area contributed by atoms with E-state index in [9.17, 15) is 4.79 Å². The number of halogens is 1. The van der Waals surface area contributed by atoms with E-state index in [0.29, 0.717) is 16.9 Å². The summed E-state index contributed by atoms with van der Waals surface area (Å²) in [5, 5.41) is 2.88. The van der Waals surface area contributed by atoms with Crippen LogP contribution in [0, 0.1) is 0 Å². The molecule has 0 aliphatic rings. The normalized spacial score (nSPS) is 10.8. The van der Waals surface area contributed by atoms with E-state index in [-0.39, 0.29) is 5.91 Å². The van der Waals surface area contributed by atoms with Crippen molar-refractivity contribution in [3.8, 4) is 0 Å². The number of thiophene rings is 1. The number of hydrogen-bond acceptors (Lipinski definition) is 3. The van der Waals surface area contributed by atoms with Crippen molar-refractivity contribution in [1.82, 2.24) is 0 Å². The molecule has 0 fully saturated rings. The first-order valence-corrected chi connectivity index (χ1v) is 8.04. The summed E-state index contributed by atoms with van der Waals surface area (Å²) in [4.78, 5) is 14.3. The first-order valence-electron chi connectivity index (χ1n) is 6.37. The van der Waals surface area contributed by atoms with Crippen molar-refractivity contribution >= 4 is 54.6 Å². The van der Waals surface area contributed by atoms with Gasteiger partial charge in [-0.15, -0.1) is 11.3 Å². The van der Waals surface area contributed by atoms with Crippen LogP contribution >= 0.6 is 27.3 Å². The fraction of sp³-hybridized carbons (Fsp3) is 0.0625. The molecular weight excluding hydrogens is 348 g/mol. The molecule has 1 aromatic heterocycles. The molecule has 1 amide bonds. The van der Waals surface area contributed by atoms with Crippen LogP contribution in [-0.4, -0.2) is 13.0 Å². The minimum atomic E-state index is -0.0542. The van der Waals surface area contributed by atoms with Crippen LogP contribution in [0.25, 0.3) is 10.1 Å². The molecule has 1 heterocycles. The van der Waals surface area contributed by atoms with Gasteiger partial charge in [0.1, 0.15) is 0 Å². The van der Waals surface area contributed by atoms with E-state index in [1.807, 2.05) is 41.8 Å². The summed E-state index contributed by atoms with van der Waals surface area (Å²) in [7, 11) is 1.74. The van der Waals surface area contributed by atoms with E-state index >= 15 is 0 Å². The monoisotopic (exact) mass is 360 g/mol. The van der Waals surface area contributed by atoms with Gasteiger partial charge in [-0.1, -0.05) is 34.1 Å². The number of carbonyl (C=O) groups is 1. The first-order chi connectivity index (χ1) is 10.1. The van der Waals surface area contributed by atoms with Crippen molar-refractivity contribution in [3.05, 3.63) is 57.9 Å². The van der Waals surface area contributed by atoms with E-state index in [1.54, 1.807) is 29.4 Å². The third kappa shape index (κ3) is 2.54. The Labute approximate surface area is 135 Å². The quantitative estimate of drug-likeness (QED) is 0.682. The number of anilines is 2. The van der Waals surface area contributed by atoms with E-state index in [0.717, 1.165) is 14.6 Å². The average molecular weight is 361 g/mol. The fourth-order valence-electron chi connectivity index (χ4n) is 2.26. The summed E-state index contributed by atoms with van der Waals surface area (Å²) in [5.74, 6) is -0.0542. The smallest absolute Gasteiger partial charge is 0.259 e. The Morgan fingerprint density at radius 2 is 2.00 bits per heavy atom. The number of amides is 1. The van der Waals surface area contributed by atoms with Gasteiger partial charge in [-0.3, -0.25) is 4.79 Å². The number of carbonyl (C=O) groups excluding carboxylic acids is 1. The molecule has 0 saturated heterocycles. The molecule has 3 nitrogen and oxygen atoms in total. The van der Waals surface area contributed by atoms with Crippen LogP contribution in [-0.2, 0) is 0 Å². The summed E-state index contributed by atoms with van der Waals surface area (Å²) < 4.78 is 2.00. The van der Waals surface area contributed by atoms with Gasteiger partial charge < -0.3 is 10.6 Å². The lowest BCUT2D eigenvalue weighted by molar-refractivity contribution is 0.0995. The van der Waals surface area contributed by atoms with Crippen molar-refractivity contribution in [3.63, 3.8) is 0 Å². The minimum Gasteiger partial charge on any atom is -0.397 e. The number of nitrogens with two attached hydrogens (primary N) is 1. The summed E-state index contributed by atoms with van der Waals surface area (Å²) >= 11 is 4.95. The molecule has 106 valence electrons. The lowest BCUT2D eigenvalue weighted by atomic mass is 10.1. The van der Waals surface area contributed by atoms with Gasteiger partial charge in [-0.2, -0.15) is 0 Å². The van der Waals surface area contributed by atoms with Crippen LogP contribution in [0.1, 0.15) is 10.4 Å². The molecular formula is C16H13BrN2OS. The van der Waals surface area contributed by atoms with Crippen molar-refractivity contribution in [1.29, 1.82) is 0 Å². The lowest BCUT2D eigenvalue weighted by Gasteiger charge is -2.19. The third-order valence-electron chi connectivity index (χ3n) is 3.37. The third-order valence-corrected chi connectivity index (χ3v) is 4.82. The van der Waals surface area contributed by atoms with Gasteiger partial charge in [0.15, 0.2) is 0 Å². The predicted molar refractivity (Wildman–Crippen MR) is 93.1 cm³/mol. The van der Waals surface area contributed by atoms with Crippen LogP contribution in [0.4, 0.5) is 11.4 Å². The zero-order chi connectivity index (χ0) is 15.0. The number of benzene rings is 2. The first kappa shape index (κ1) is 14.1. The van der Waals surface area contributed by atoms with Gasteiger partial charge in [0.2, 0.25) is 0 Å². The standard InChI is InChI=1S/C16H13BrN2OS/c1-19(14-7-6-10(17)8-13(14)18)16(20)12-9-21-15-5-3-2-4-11(12)15/h2-9H,18H2,1H3. The number of rotatable bonds is 2. The number of nitrogen functional groups attached to an aromatic ring is 1. The van der Waals surface area contributed by atoms with Gasteiger partial charge in [0.05, 0.1) is 16.9 Å². The largest absolute Gasteiger partial charge is 0.397 e. The fourth-order valence-corrected chi connectivity index (χ4v) is 3.58. The van der Waals surface area contributed by atoms with Gasteiger partial charge in [-0.25, -0.2) is 0 Å². The number of hydrogen-bond donors (Lipinski definition) is 1. The summed E-state index contributed by atoms with van der Waals surface area (Å²) in [6.45, 7) is 0. The van der Waals surface area contributed by atoms with Crippen molar-refractivity contribution in [2.24, 2.45) is 0 Å². The topological polar surface area (TPSA) is 46.3 Å². The molecule has 0 radical (unpaired) electrons. The SMILES string of the molecule is CN(C(=O)c1csc2ccccc12)c1ccc(Br)cc1N. The molecule has 3 rings (SSSR count). The number of nitrogens with zero attached hydrogens (tertiary/aromatic N) is 1. The lowest BCUT2D eigenvalue weighted by Crippen LogP contribution is -2.26. The molecule has 0 spiro atoms. The Hall–Kier alpha value is -1.85. The Bertz CT molecular complexity index is 828. The van der Waals surface area contributed by atoms with Crippen LogP contribution in [0.15, 0.2) is 52.3 Å². The van der Waals surface area contributed by atoms with Gasteiger partial charge in [0.25, 0.3) is 5.91 Å². The predicted octanol–water partition coefficient (Wildman–Crippen LogP) is 4.52. The second-order valence-electron chi connectivity index (χ2n) is 4.71. The molecule has 0 aliphatic carbocycles. The molecule has 0 aliphatic heterocycles. The van der Waals surface area contributed by atoms with Crippen LogP contribution in [0.2, 0.25) is 0 Å². The molecule has 2 aromatic carbocycles. The van der Waals surface area contributed by atoms with Gasteiger partial charge in [-0.05, 0) is 24.3 Å². The highest BCUT2D eigenvalue weighted by Gasteiger charge is 2.19. The minimum absolute atomic E-state index is 0.0542. The zero-order valence-electron chi connectivity index (χ0n) is 11.3. The molecule has 0 saturated carbocycles. The number of fused-ring (bicyclic) bond motifs is 1. The summed E-state index contributed by atoms with van der Waals surface area (Å²) in [5.41, 5.74) is 7.99. The Morgan fingerprint density at radius 1 is 1.24 bits per heavy atom. The van der Waals surface area contributed by atoms with Crippen LogP contribution < -0.4 is 10.6 Å². The Kier molecular flexibility index (Phi) is 3.69. The maximum atomic E-state index is 12.7. The van der Waals surface area contributed by atoms with E-state index < -0.39 is 0 Å². The Morgan fingerprint density at radius 3 is 2.76 bits per heavy atom. The summed E-state index contributed by atoms with van der Waals surface area (Å²) in [6.07, 6.45) is 0. The van der Waals surface area contributed by atoms with Crippen molar-refractivity contribution in [2.75, 3.05) is 17.7 Å².